The number of nitrogens with one attached hydrogen (secondary N) is 1. The Morgan fingerprint density at radius 2 is 2.12 bits per heavy atom. The van der Waals surface area contributed by atoms with Crippen LogP contribution in [0.15, 0.2) is 28.6 Å². The van der Waals surface area contributed by atoms with Crippen LogP contribution in [0, 0.1) is 6.92 Å². The summed E-state index contributed by atoms with van der Waals surface area (Å²) in [7, 11) is -3.69. The molecule has 0 bridgehead atoms. The lowest BCUT2D eigenvalue weighted by molar-refractivity contribution is 0.585. The number of nitrogen functional groups attached to an aromatic ring is 1. The van der Waals surface area contributed by atoms with Crippen LogP contribution < -0.4 is 10.5 Å². The van der Waals surface area contributed by atoms with Gasteiger partial charge in [0.05, 0.1) is 4.90 Å². The summed E-state index contributed by atoms with van der Waals surface area (Å²) in [4.78, 5) is 0.0421. The second-order valence-corrected chi connectivity index (χ2v) is 6.17. The van der Waals surface area contributed by atoms with Crippen molar-refractivity contribution in [2.24, 2.45) is 0 Å². The first kappa shape index (κ1) is 14.3. The molecule has 4 nitrogen and oxygen atoms in total. The number of anilines is 1. The Morgan fingerprint density at radius 3 is 2.65 bits per heavy atom. The SMILES string of the molecule is C=C(Cl)CNS(=O)(=O)c1cc(Cl)cc(N)c1C. The molecule has 0 saturated heterocycles. The molecule has 1 aromatic carbocycles. The zero-order valence-electron chi connectivity index (χ0n) is 9.13. The van der Waals surface area contributed by atoms with E-state index in [1.54, 1.807) is 6.92 Å². The van der Waals surface area contributed by atoms with Crippen LogP contribution in [0.3, 0.4) is 0 Å². The molecular weight excluding hydrogens is 283 g/mol. The van der Waals surface area contributed by atoms with Crippen molar-refractivity contribution in [3.63, 3.8) is 0 Å². The zero-order chi connectivity index (χ0) is 13.2. The van der Waals surface area contributed by atoms with Crippen LogP contribution in [-0.4, -0.2) is 15.0 Å². The van der Waals surface area contributed by atoms with Gasteiger partial charge in [-0.25, -0.2) is 13.1 Å². The Morgan fingerprint density at radius 1 is 1.53 bits per heavy atom. The average Bonchev–Trinajstić information content (AvgIpc) is 2.20. The van der Waals surface area contributed by atoms with Crippen molar-refractivity contribution in [3.05, 3.63) is 34.3 Å². The molecule has 0 fully saturated rings. The second kappa shape index (κ2) is 5.27. The molecule has 0 aliphatic rings. The van der Waals surface area contributed by atoms with E-state index in [2.05, 4.69) is 11.3 Å². The smallest absolute Gasteiger partial charge is 0.241 e. The molecule has 0 saturated carbocycles. The van der Waals surface area contributed by atoms with Gasteiger partial charge in [-0.2, -0.15) is 0 Å². The molecule has 0 spiro atoms. The van der Waals surface area contributed by atoms with Crippen molar-refractivity contribution in [3.8, 4) is 0 Å². The minimum atomic E-state index is -3.69. The maximum Gasteiger partial charge on any atom is 0.241 e. The number of hydrogen-bond acceptors (Lipinski definition) is 3. The summed E-state index contributed by atoms with van der Waals surface area (Å²) < 4.78 is 26.2. The maximum atomic E-state index is 11.9. The molecule has 1 rings (SSSR count). The van der Waals surface area contributed by atoms with Crippen molar-refractivity contribution in [1.29, 1.82) is 0 Å². The molecule has 0 aromatic heterocycles. The Balaban J connectivity index is 3.19. The fraction of sp³-hybridized carbons (Fsp3) is 0.200. The molecule has 0 aliphatic carbocycles. The van der Waals surface area contributed by atoms with E-state index in [4.69, 9.17) is 28.9 Å². The van der Waals surface area contributed by atoms with Crippen molar-refractivity contribution >= 4 is 38.9 Å². The van der Waals surface area contributed by atoms with Gasteiger partial charge in [-0.05, 0) is 24.6 Å². The third kappa shape index (κ3) is 3.61. The first-order valence-electron chi connectivity index (χ1n) is 4.62. The van der Waals surface area contributed by atoms with Gasteiger partial charge < -0.3 is 5.73 Å². The third-order valence-electron chi connectivity index (χ3n) is 2.11. The standard InChI is InChI=1S/C10H12Cl2N2O2S/c1-6(11)5-14-17(15,16)10-4-8(12)3-9(13)7(10)2/h3-4,14H,1,5,13H2,2H3. The third-order valence-corrected chi connectivity index (χ3v) is 3.99. The fourth-order valence-electron chi connectivity index (χ4n) is 1.20. The zero-order valence-corrected chi connectivity index (χ0v) is 11.5. The van der Waals surface area contributed by atoms with E-state index in [0.29, 0.717) is 11.3 Å². The van der Waals surface area contributed by atoms with Crippen molar-refractivity contribution in [1.82, 2.24) is 4.72 Å². The Kier molecular flexibility index (Phi) is 4.43. The predicted molar refractivity (Wildman–Crippen MR) is 70.8 cm³/mol. The summed E-state index contributed by atoms with van der Waals surface area (Å²) in [5.41, 5.74) is 6.42. The highest BCUT2D eigenvalue weighted by Crippen LogP contribution is 2.25. The number of sulfonamides is 1. The summed E-state index contributed by atoms with van der Waals surface area (Å²) in [6, 6.07) is 2.84. The van der Waals surface area contributed by atoms with Crippen LogP contribution >= 0.6 is 23.2 Å². The highest BCUT2D eigenvalue weighted by molar-refractivity contribution is 7.89. The Bertz CT molecular complexity index is 556. The van der Waals surface area contributed by atoms with Gasteiger partial charge in [0.1, 0.15) is 0 Å². The molecule has 0 unspecified atom stereocenters. The topological polar surface area (TPSA) is 72.2 Å². The minimum Gasteiger partial charge on any atom is -0.398 e. The lowest BCUT2D eigenvalue weighted by atomic mass is 10.2. The van der Waals surface area contributed by atoms with Crippen LogP contribution in [-0.2, 0) is 10.0 Å². The highest BCUT2D eigenvalue weighted by atomic mass is 35.5. The molecule has 7 heteroatoms. The van der Waals surface area contributed by atoms with Crippen LogP contribution in [0.4, 0.5) is 5.69 Å². The van der Waals surface area contributed by atoms with Crippen LogP contribution in [0.1, 0.15) is 5.56 Å². The summed E-state index contributed by atoms with van der Waals surface area (Å²) >= 11 is 11.3. The van der Waals surface area contributed by atoms with Gasteiger partial charge in [0, 0.05) is 22.3 Å². The molecule has 0 atom stereocenters. The second-order valence-electron chi connectivity index (χ2n) is 3.46. The Labute approximate surface area is 110 Å². The number of halogens is 2. The maximum absolute atomic E-state index is 11.9. The van der Waals surface area contributed by atoms with Gasteiger partial charge in [0.2, 0.25) is 10.0 Å². The van der Waals surface area contributed by atoms with Gasteiger partial charge in [-0.15, -0.1) is 0 Å². The molecule has 0 heterocycles. The van der Waals surface area contributed by atoms with Crippen molar-refractivity contribution < 1.29 is 8.42 Å². The lowest BCUT2D eigenvalue weighted by Gasteiger charge is -2.11. The molecule has 0 radical (unpaired) electrons. The van der Waals surface area contributed by atoms with E-state index in [9.17, 15) is 8.42 Å². The van der Waals surface area contributed by atoms with E-state index in [1.807, 2.05) is 0 Å². The number of rotatable bonds is 4. The van der Waals surface area contributed by atoms with Crippen LogP contribution in [0.2, 0.25) is 5.02 Å². The van der Waals surface area contributed by atoms with E-state index >= 15 is 0 Å². The largest absolute Gasteiger partial charge is 0.398 e. The first-order chi connectivity index (χ1) is 7.74. The summed E-state index contributed by atoms with van der Waals surface area (Å²) in [6.45, 7) is 4.96. The quantitative estimate of drug-likeness (QED) is 0.837. The lowest BCUT2D eigenvalue weighted by Crippen LogP contribution is -2.25. The first-order valence-corrected chi connectivity index (χ1v) is 6.86. The monoisotopic (exact) mass is 294 g/mol. The summed E-state index contributed by atoms with van der Waals surface area (Å²) in [5, 5.41) is 0.458. The number of hydrogen-bond donors (Lipinski definition) is 2. The van der Waals surface area contributed by atoms with Crippen LogP contribution in [0.5, 0.6) is 0 Å². The van der Waals surface area contributed by atoms with Gasteiger partial charge in [-0.3, -0.25) is 0 Å². The average molecular weight is 295 g/mol. The molecule has 94 valence electrons. The molecule has 3 N–H and O–H groups in total. The minimum absolute atomic E-state index is 0.0421. The van der Waals surface area contributed by atoms with Gasteiger partial charge in [0.15, 0.2) is 0 Å². The summed E-state index contributed by atoms with van der Waals surface area (Å²) in [6.07, 6.45) is 0. The fourth-order valence-corrected chi connectivity index (χ4v) is 2.96. The van der Waals surface area contributed by atoms with Gasteiger partial charge in [0.25, 0.3) is 0 Å². The number of nitrogens with two attached hydrogens (primary N) is 1. The molecule has 0 aliphatic heterocycles. The van der Waals surface area contributed by atoms with Crippen LogP contribution in [0.25, 0.3) is 0 Å². The molecular formula is C10H12Cl2N2O2S. The van der Waals surface area contributed by atoms with E-state index in [1.165, 1.54) is 12.1 Å². The van der Waals surface area contributed by atoms with Gasteiger partial charge >= 0.3 is 0 Å². The summed E-state index contributed by atoms with van der Waals surface area (Å²) in [5.74, 6) is 0. The normalized spacial score (nSPS) is 11.5. The van der Waals surface area contributed by atoms with E-state index in [0.717, 1.165) is 0 Å². The van der Waals surface area contributed by atoms with Crippen molar-refractivity contribution in [2.45, 2.75) is 11.8 Å². The predicted octanol–water partition coefficient (Wildman–Crippen LogP) is 2.26. The highest BCUT2D eigenvalue weighted by Gasteiger charge is 2.18. The number of benzene rings is 1. The van der Waals surface area contributed by atoms with Gasteiger partial charge in [-0.1, -0.05) is 29.8 Å². The molecule has 17 heavy (non-hydrogen) atoms. The molecule has 0 amide bonds. The van der Waals surface area contributed by atoms with Crippen molar-refractivity contribution in [2.75, 3.05) is 12.3 Å². The molecule has 1 aromatic rings. The Hall–Kier alpha value is -0.750. The van der Waals surface area contributed by atoms with E-state index < -0.39 is 10.0 Å². The van der Waals surface area contributed by atoms with E-state index in [-0.39, 0.29) is 21.5 Å².